The van der Waals surface area contributed by atoms with Crippen LogP contribution in [-0.4, -0.2) is 14.8 Å². The molecule has 152 valence electrons. The standard InChI is InChI=1S/C23H26ClN3OS/c1-3-27-22(25-26-23(27)29-15-17-8-11-19(24)12-9-17)14-28-21-13-10-18-6-4-5-7-20(18)16(21)2/h8-13H,3-7,14-15H2,1-2H3. The molecule has 6 heteroatoms. The summed E-state index contributed by atoms with van der Waals surface area (Å²) in [5, 5.41) is 10.5. The lowest BCUT2D eigenvalue weighted by atomic mass is 9.88. The number of nitrogens with zero attached hydrogens (tertiary/aromatic N) is 3. The summed E-state index contributed by atoms with van der Waals surface area (Å²) in [6, 6.07) is 12.3. The van der Waals surface area contributed by atoms with Crippen molar-refractivity contribution >= 4 is 23.4 Å². The van der Waals surface area contributed by atoms with Gasteiger partial charge >= 0.3 is 0 Å². The average molecular weight is 428 g/mol. The van der Waals surface area contributed by atoms with Crippen molar-refractivity contribution in [2.24, 2.45) is 0 Å². The summed E-state index contributed by atoms with van der Waals surface area (Å²) in [5.74, 6) is 2.66. The summed E-state index contributed by atoms with van der Waals surface area (Å²) in [4.78, 5) is 0. The number of benzene rings is 2. The molecule has 0 saturated carbocycles. The van der Waals surface area contributed by atoms with Crippen LogP contribution in [-0.2, 0) is 31.7 Å². The fourth-order valence-corrected chi connectivity index (χ4v) is 4.97. The molecule has 4 rings (SSSR count). The molecule has 1 aliphatic carbocycles. The average Bonchev–Trinajstić information content (AvgIpc) is 3.15. The van der Waals surface area contributed by atoms with Gasteiger partial charge in [0.1, 0.15) is 12.4 Å². The Morgan fingerprint density at radius 3 is 2.66 bits per heavy atom. The van der Waals surface area contributed by atoms with Crippen molar-refractivity contribution in [1.82, 2.24) is 14.8 Å². The second-order valence-corrected chi connectivity index (χ2v) is 8.76. The normalized spacial score (nSPS) is 13.3. The highest BCUT2D eigenvalue weighted by atomic mass is 35.5. The van der Waals surface area contributed by atoms with Gasteiger partial charge in [0, 0.05) is 17.3 Å². The van der Waals surface area contributed by atoms with Crippen LogP contribution in [0.25, 0.3) is 0 Å². The van der Waals surface area contributed by atoms with Crippen LogP contribution in [0.1, 0.15) is 47.8 Å². The van der Waals surface area contributed by atoms with Crippen molar-refractivity contribution in [1.29, 1.82) is 0 Å². The molecular weight excluding hydrogens is 402 g/mol. The molecule has 29 heavy (non-hydrogen) atoms. The van der Waals surface area contributed by atoms with E-state index in [9.17, 15) is 0 Å². The van der Waals surface area contributed by atoms with Crippen LogP contribution in [0.2, 0.25) is 5.02 Å². The van der Waals surface area contributed by atoms with Crippen molar-refractivity contribution in [3.63, 3.8) is 0 Å². The van der Waals surface area contributed by atoms with Crippen LogP contribution in [0, 0.1) is 6.92 Å². The van der Waals surface area contributed by atoms with Crippen LogP contribution in [0.5, 0.6) is 5.75 Å². The Balaban J connectivity index is 1.44. The van der Waals surface area contributed by atoms with E-state index in [-0.39, 0.29) is 0 Å². The summed E-state index contributed by atoms with van der Waals surface area (Å²) in [6.07, 6.45) is 4.92. The molecule has 0 spiro atoms. The molecule has 1 aliphatic rings. The molecule has 0 unspecified atom stereocenters. The highest BCUT2D eigenvalue weighted by Gasteiger charge is 2.16. The van der Waals surface area contributed by atoms with E-state index >= 15 is 0 Å². The molecule has 1 heterocycles. The molecule has 3 aromatic rings. The zero-order valence-corrected chi connectivity index (χ0v) is 18.5. The van der Waals surface area contributed by atoms with Gasteiger partial charge in [0.05, 0.1) is 0 Å². The molecule has 4 nitrogen and oxygen atoms in total. The van der Waals surface area contributed by atoms with Crippen LogP contribution in [0.15, 0.2) is 41.6 Å². The first-order valence-corrected chi connectivity index (χ1v) is 11.6. The first-order valence-electron chi connectivity index (χ1n) is 10.2. The van der Waals surface area contributed by atoms with Gasteiger partial charge in [0.2, 0.25) is 0 Å². The van der Waals surface area contributed by atoms with Crippen LogP contribution >= 0.6 is 23.4 Å². The van der Waals surface area contributed by atoms with E-state index in [1.165, 1.54) is 41.5 Å². The Bertz CT molecular complexity index is 985. The molecule has 2 aromatic carbocycles. The number of aromatic nitrogens is 3. The minimum atomic E-state index is 0.433. The monoisotopic (exact) mass is 427 g/mol. The minimum Gasteiger partial charge on any atom is -0.485 e. The Morgan fingerprint density at radius 2 is 1.86 bits per heavy atom. The van der Waals surface area contributed by atoms with E-state index in [1.54, 1.807) is 11.8 Å². The largest absolute Gasteiger partial charge is 0.485 e. The number of aryl methyl sites for hydroxylation is 1. The summed E-state index contributed by atoms with van der Waals surface area (Å²) in [7, 11) is 0. The lowest BCUT2D eigenvalue weighted by molar-refractivity contribution is 0.285. The van der Waals surface area contributed by atoms with Crippen molar-refractivity contribution < 1.29 is 4.74 Å². The first-order chi connectivity index (χ1) is 14.2. The topological polar surface area (TPSA) is 39.9 Å². The number of hydrogen-bond donors (Lipinski definition) is 0. The number of fused-ring (bicyclic) bond motifs is 1. The zero-order chi connectivity index (χ0) is 20.2. The van der Waals surface area contributed by atoms with Crippen LogP contribution in [0.4, 0.5) is 0 Å². The van der Waals surface area contributed by atoms with Gasteiger partial charge in [-0.05, 0) is 80.0 Å². The van der Waals surface area contributed by atoms with Gasteiger partial charge in [0.15, 0.2) is 11.0 Å². The van der Waals surface area contributed by atoms with E-state index in [0.29, 0.717) is 6.61 Å². The molecule has 0 aliphatic heterocycles. The van der Waals surface area contributed by atoms with Gasteiger partial charge in [-0.3, -0.25) is 0 Å². The van der Waals surface area contributed by atoms with Crippen molar-refractivity contribution in [2.45, 2.75) is 63.6 Å². The molecule has 0 saturated heterocycles. The lowest BCUT2D eigenvalue weighted by Crippen LogP contribution is -2.09. The number of rotatable bonds is 7. The van der Waals surface area contributed by atoms with E-state index in [1.807, 2.05) is 24.3 Å². The molecule has 0 fully saturated rings. The molecule has 0 bridgehead atoms. The highest BCUT2D eigenvalue weighted by Crippen LogP contribution is 2.31. The number of halogens is 1. The SMILES string of the molecule is CCn1c(COc2ccc3c(c2C)CCCC3)nnc1SCc1ccc(Cl)cc1. The third kappa shape index (κ3) is 4.62. The Hall–Kier alpha value is -1.98. The van der Waals surface area contributed by atoms with Gasteiger partial charge in [-0.1, -0.05) is 41.6 Å². The summed E-state index contributed by atoms with van der Waals surface area (Å²) in [5.41, 5.74) is 5.46. The third-order valence-corrected chi connectivity index (χ3v) is 6.81. The number of ether oxygens (including phenoxy) is 1. The Labute approximate surface area is 181 Å². The van der Waals surface area contributed by atoms with Gasteiger partial charge in [-0.2, -0.15) is 0 Å². The quantitative estimate of drug-likeness (QED) is 0.433. The maximum Gasteiger partial charge on any atom is 0.191 e. The van der Waals surface area contributed by atoms with Gasteiger partial charge in [-0.25, -0.2) is 0 Å². The van der Waals surface area contributed by atoms with Crippen molar-refractivity contribution in [3.8, 4) is 5.75 Å². The second-order valence-electron chi connectivity index (χ2n) is 7.38. The molecule has 0 atom stereocenters. The van der Waals surface area contributed by atoms with E-state index < -0.39 is 0 Å². The van der Waals surface area contributed by atoms with Crippen molar-refractivity contribution in [2.75, 3.05) is 0 Å². The molecular formula is C23H26ClN3OS. The summed E-state index contributed by atoms with van der Waals surface area (Å²) in [6.45, 7) is 5.54. The fourth-order valence-electron chi connectivity index (χ4n) is 3.87. The maximum atomic E-state index is 6.17. The third-order valence-electron chi connectivity index (χ3n) is 5.52. The number of hydrogen-bond acceptors (Lipinski definition) is 4. The highest BCUT2D eigenvalue weighted by molar-refractivity contribution is 7.98. The first kappa shape index (κ1) is 20.3. The predicted molar refractivity (Wildman–Crippen MR) is 119 cm³/mol. The minimum absolute atomic E-state index is 0.433. The Morgan fingerprint density at radius 1 is 1.07 bits per heavy atom. The van der Waals surface area contributed by atoms with E-state index in [0.717, 1.165) is 40.5 Å². The smallest absolute Gasteiger partial charge is 0.191 e. The van der Waals surface area contributed by atoms with Gasteiger partial charge < -0.3 is 9.30 Å². The lowest BCUT2D eigenvalue weighted by Gasteiger charge is -2.20. The van der Waals surface area contributed by atoms with Gasteiger partial charge in [-0.15, -0.1) is 10.2 Å². The summed E-state index contributed by atoms with van der Waals surface area (Å²) < 4.78 is 8.31. The Kier molecular flexibility index (Phi) is 6.46. The van der Waals surface area contributed by atoms with Crippen LogP contribution in [0.3, 0.4) is 0 Å². The molecule has 0 radical (unpaired) electrons. The van der Waals surface area contributed by atoms with E-state index in [4.69, 9.17) is 16.3 Å². The second kappa shape index (κ2) is 9.23. The predicted octanol–water partition coefficient (Wildman–Crippen LogP) is 6.01. The fraction of sp³-hybridized carbons (Fsp3) is 0.391. The molecule has 0 N–H and O–H groups in total. The zero-order valence-electron chi connectivity index (χ0n) is 16.9. The maximum absolute atomic E-state index is 6.17. The van der Waals surface area contributed by atoms with Crippen molar-refractivity contribution in [3.05, 3.63) is 69.5 Å². The summed E-state index contributed by atoms with van der Waals surface area (Å²) >= 11 is 7.65. The number of thioether (sulfide) groups is 1. The molecule has 1 aromatic heterocycles. The molecule has 0 amide bonds. The van der Waals surface area contributed by atoms with Crippen LogP contribution < -0.4 is 4.74 Å². The van der Waals surface area contributed by atoms with E-state index in [2.05, 4.69) is 40.7 Å². The van der Waals surface area contributed by atoms with Gasteiger partial charge in [0.25, 0.3) is 0 Å².